The maximum absolute atomic E-state index is 13.1. The Hall–Kier alpha value is -2.35. The van der Waals surface area contributed by atoms with E-state index in [2.05, 4.69) is 5.32 Å². The van der Waals surface area contributed by atoms with E-state index in [4.69, 9.17) is 58.0 Å². The Morgan fingerprint density at radius 1 is 0.973 bits per heavy atom. The van der Waals surface area contributed by atoms with Crippen LogP contribution in [-0.2, 0) is 11.2 Å². The molecule has 0 aromatic heterocycles. The molecule has 2 unspecified atom stereocenters. The molecule has 0 bridgehead atoms. The number of nitrogens with zero attached hydrogens (tertiary/aromatic N) is 1. The molecule has 37 heavy (non-hydrogen) atoms. The standard InChI is InChI=1S/C26H19Cl5N2O4/c1-12-6-21(33(36)37)13(2)5-14(12)9-22(34)19-11-18(3-4-20(19)29)32-25(35)24-23(26(24,30)31)15-7-16(27)10-17(28)8-15/h3-8,10-11,23-24H,9H2,1-2H3,(H,32,35). The number of carbonyl (C=O) groups is 2. The number of hydrogen-bond donors (Lipinski definition) is 1. The number of amides is 1. The second-order valence-corrected chi connectivity index (χ2v) is 11.7. The number of carbonyl (C=O) groups excluding carboxylic acids is 2. The highest BCUT2D eigenvalue weighted by Crippen LogP contribution is 2.65. The Balaban J connectivity index is 1.52. The van der Waals surface area contributed by atoms with Crippen LogP contribution in [-0.4, -0.2) is 20.9 Å². The normalized spacial score (nSPS) is 17.8. The third-order valence-electron chi connectivity index (χ3n) is 6.32. The van der Waals surface area contributed by atoms with Gasteiger partial charge in [0.25, 0.3) is 5.69 Å². The number of alkyl halides is 2. The summed E-state index contributed by atoms with van der Waals surface area (Å²) >= 11 is 31.3. The number of Topliss-reactive ketones (excluding diaryl/α,β-unsaturated/α-hetero) is 1. The minimum absolute atomic E-state index is 0.00970. The molecule has 1 N–H and O–H groups in total. The summed E-state index contributed by atoms with van der Waals surface area (Å²) in [4.78, 5) is 36.9. The third-order valence-corrected chi connectivity index (χ3v) is 8.02. The van der Waals surface area contributed by atoms with Crippen molar-refractivity contribution in [3.8, 4) is 0 Å². The molecule has 0 saturated heterocycles. The first kappa shape index (κ1) is 27.7. The molecule has 4 rings (SSSR count). The van der Waals surface area contributed by atoms with Gasteiger partial charge >= 0.3 is 0 Å². The first-order valence-corrected chi connectivity index (χ1v) is 12.9. The Kier molecular flexibility index (Phi) is 7.80. The van der Waals surface area contributed by atoms with Crippen LogP contribution in [0.4, 0.5) is 11.4 Å². The summed E-state index contributed by atoms with van der Waals surface area (Å²) < 4.78 is -1.35. The van der Waals surface area contributed by atoms with Crippen molar-refractivity contribution >= 4 is 81.1 Å². The predicted molar refractivity (Wildman–Crippen MR) is 148 cm³/mol. The lowest BCUT2D eigenvalue weighted by molar-refractivity contribution is -0.385. The number of benzene rings is 3. The lowest BCUT2D eigenvalue weighted by atomic mass is 9.96. The molecule has 1 saturated carbocycles. The fourth-order valence-electron chi connectivity index (χ4n) is 4.38. The van der Waals surface area contributed by atoms with Crippen LogP contribution >= 0.6 is 58.0 Å². The molecular formula is C26H19Cl5N2O4. The van der Waals surface area contributed by atoms with E-state index < -0.39 is 27.0 Å². The van der Waals surface area contributed by atoms with Crippen molar-refractivity contribution in [1.29, 1.82) is 0 Å². The molecule has 0 spiro atoms. The van der Waals surface area contributed by atoms with Crippen LogP contribution in [0.3, 0.4) is 0 Å². The van der Waals surface area contributed by atoms with Gasteiger partial charge in [-0.1, -0.05) is 34.8 Å². The lowest BCUT2D eigenvalue weighted by Crippen LogP contribution is -2.17. The van der Waals surface area contributed by atoms with E-state index >= 15 is 0 Å². The van der Waals surface area contributed by atoms with Crippen LogP contribution < -0.4 is 5.32 Å². The van der Waals surface area contributed by atoms with Gasteiger partial charge in [0.15, 0.2) is 5.78 Å². The van der Waals surface area contributed by atoms with E-state index in [0.717, 1.165) is 0 Å². The Morgan fingerprint density at radius 3 is 2.24 bits per heavy atom. The van der Waals surface area contributed by atoms with Gasteiger partial charge in [-0.2, -0.15) is 0 Å². The summed E-state index contributed by atoms with van der Waals surface area (Å²) in [6.45, 7) is 3.32. The van der Waals surface area contributed by atoms with Crippen LogP contribution in [0, 0.1) is 29.9 Å². The largest absolute Gasteiger partial charge is 0.326 e. The minimum Gasteiger partial charge on any atom is -0.326 e. The van der Waals surface area contributed by atoms with Gasteiger partial charge in [-0.3, -0.25) is 19.7 Å². The van der Waals surface area contributed by atoms with E-state index in [-0.39, 0.29) is 28.5 Å². The molecule has 3 aromatic rings. The van der Waals surface area contributed by atoms with E-state index in [1.165, 1.54) is 18.2 Å². The Bertz CT molecular complexity index is 1440. The Labute approximate surface area is 238 Å². The molecule has 1 fully saturated rings. The van der Waals surface area contributed by atoms with Crippen molar-refractivity contribution in [2.75, 3.05) is 5.32 Å². The summed E-state index contributed by atoms with van der Waals surface area (Å²) in [7, 11) is 0. The van der Waals surface area contributed by atoms with Gasteiger partial charge in [0.05, 0.1) is 15.9 Å². The highest BCUT2D eigenvalue weighted by Gasteiger charge is 2.67. The van der Waals surface area contributed by atoms with Gasteiger partial charge in [-0.25, -0.2) is 0 Å². The van der Waals surface area contributed by atoms with E-state index in [1.54, 1.807) is 44.2 Å². The highest BCUT2D eigenvalue weighted by molar-refractivity contribution is 6.53. The van der Waals surface area contributed by atoms with Crippen LogP contribution in [0.1, 0.15) is 38.5 Å². The number of halogens is 5. The second kappa shape index (κ2) is 10.4. The summed E-state index contributed by atoms with van der Waals surface area (Å²) in [5.41, 5.74) is 2.89. The number of hydrogen-bond acceptors (Lipinski definition) is 4. The number of ketones is 1. The summed E-state index contributed by atoms with van der Waals surface area (Å²) in [5.74, 6) is -2.03. The molecule has 1 aliphatic rings. The van der Waals surface area contributed by atoms with Crippen LogP contribution in [0.5, 0.6) is 0 Å². The average molecular weight is 601 g/mol. The van der Waals surface area contributed by atoms with Crippen LogP contribution in [0.25, 0.3) is 0 Å². The van der Waals surface area contributed by atoms with Crippen LogP contribution in [0.2, 0.25) is 15.1 Å². The number of rotatable bonds is 7. The SMILES string of the molecule is Cc1cc([N+](=O)[O-])c(C)cc1CC(=O)c1cc(NC(=O)C2C(c3cc(Cl)cc(Cl)c3)C2(Cl)Cl)ccc1Cl. The van der Waals surface area contributed by atoms with Crippen molar-refractivity contribution in [1.82, 2.24) is 0 Å². The van der Waals surface area contributed by atoms with Gasteiger partial charge in [0.2, 0.25) is 5.91 Å². The Morgan fingerprint density at radius 2 is 1.62 bits per heavy atom. The molecule has 11 heteroatoms. The van der Waals surface area contributed by atoms with Crippen molar-refractivity contribution < 1.29 is 14.5 Å². The quantitative estimate of drug-likeness (QED) is 0.128. The molecular weight excluding hydrogens is 582 g/mol. The van der Waals surface area contributed by atoms with Gasteiger partial charge in [0, 0.05) is 45.3 Å². The molecule has 3 aromatic carbocycles. The molecule has 0 heterocycles. The van der Waals surface area contributed by atoms with E-state index in [9.17, 15) is 19.7 Å². The zero-order valence-corrected chi connectivity index (χ0v) is 23.2. The van der Waals surface area contributed by atoms with Gasteiger partial charge < -0.3 is 5.32 Å². The number of nitrogens with one attached hydrogen (secondary N) is 1. The average Bonchev–Trinajstić information content (AvgIpc) is 3.38. The van der Waals surface area contributed by atoms with Crippen molar-refractivity contribution in [3.63, 3.8) is 0 Å². The maximum atomic E-state index is 13.1. The van der Waals surface area contributed by atoms with Gasteiger partial charge in [-0.05, 0) is 73.0 Å². The monoisotopic (exact) mass is 598 g/mol. The summed E-state index contributed by atoms with van der Waals surface area (Å²) in [6, 6.07) is 12.5. The molecule has 2 atom stereocenters. The minimum atomic E-state index is -1.35. The fourth-order valence-corrected chi connectivity index (χ4v) is 5.97. The lowest BCUT2D eigenvalue weighted by Gasteiger charge is -2.11. The highest BCUT2D eigenvalue weighted by atomic mass is 35.5. The smallest absolute Gasteiger partial charge is 0.272 e. The second-order valence-electron chi connectivity index (χ2n) is 8.94. The molecule has 1 amide bonds. The van der Waals surface area contributed by atoms with E-state index in [1.807, 2.05) is 0 Å². The van der Waals surface area contributed by atoms with Crippen molar-refractivity contribution in [2.24, 2.45) is 5.92 Å². The first-order valence-electron chi connectivity index (χ1n) is 11.0. The summed E-state index contributed by atoms with van der Waals surface area (Å²) in [5, 5.41) is 14.9. The molecule has 0 radical (unpaired) electrons. The van der Waals surface area contributed by atoms with Gasteiger partial charge in [-0.15, -0.1) is 23.2 Å². The van der Waals surface area contributed by atoms with Crippen molar-refractivity contribution in [3.05, 3.63) is 102 Å². The van der Waals surface area contributed by atoms with Gasteiger partial charge in [0.1, 0.15) is 4.33 Å². The number of aryl methyl sites for hydroxylation is 2. The molecule has 6 nitrogen and oxygen atoms in total. The molecule has 192 valence electrons. The van der Waals surface area contributed by atoms with E-state index in [0.29, 0.717) is 38.0 Å². The third kappa shape index (κ3) is 5.74. The topological polar surface area (TPSA) is 89.3 Å². The zero-order valence-electron chi connectivity index (χ0n) is 19.5. The number of anilines is 1. The maximum Gasteiger partial charge on any atom is 0.272 e. The van der Waals surface area contributed by atoms with Crippen LogP contribution in [0.15, 0.2) is 48.5 Å². The molecule has 0 aliphatic heterocycles. The molecule has 1 aliphatic carbocycles. The predicted octanol–water partition coefficient (Wildman–Crippen LogP) is 8.12. The zero-order chi connectivity index (χ0) is 27.2. The van der Waals surface area contributed by atoms with Crippen molar-refractivity contribution in [2.45, 2.75) is 30.5 Å². The number of nitro groups is 1. The fraction of sp³-hybridized carbons (Fsp3) is 0.231. The first-order chi connectivity index (χ1) is 17.3. The summed E-state index contributed by atoms with van der Waals surface area (Å²) in [6.07, 6.45) is -0.0194. The number of nitro benzene ring substituents is 1.